The van der Waals surface area contributed by atoms with E-state index < -0.39 is 11.6 Å². The highest BCUT2D eigenvalue weighted by Gasteiger charge is 2.14. The Morgan fingerprint density at radius 1 is 1.29 bits per heavy atom. The van der Waals surface area contributed by atoms with Gasteiger partial charge in [0.05, 0.1) is 0 Å². The minimum Gasteiger partial charge on any atom is -0.310 e. The molecule has 3 heteroatoms. The summed E-state index contributed by atoms with van der Waals surface area (Å²) in [4.78, 5) is 0. The third kappa shape index (κ3) is 2.10. The lowest BCUT2D eigenvalue weighted by Crippen LogP contribution is -2.19. The summed E-state index contributed by atoms with van der Waals surface area (Å²) in [7, 11) is 0. The first-order valence-corrected chi connectivity index (χ1v) is 4.75. The van der Waals surface area contributed by atoms with Crippen molar-refractivity contribution in [3.8, 4) is 0 Å². The number of hydrogen-bond acceptors (Lipinski definition) is 1. The van der Waals surface area contributed by atoms with Gasteiger partial charge in [0.25, 0.3) is 0 Å². The summed E-state index contributed by atoms with van der Waals surface area (Å²) < 4.78 is 26.6. The molecule has 0 radical (unpaired) electrons. The molecule has 1 atom stereocenters. The van der Waals surface area contributed by atoms with E-state index in [1.165, 1.54) is 0 Å². The Morgan fingerprint density at radius 3 is 2.50 bits per heavy atom. The maximum absolute atomic E-state index is 13.4. The summed E-state index contributed by atoms with van der Waals surface area (Å²) >= 11 is 0. The van der Waals surface area contributed by atoms with Crippen LogP contribution in [0.2, 0.25) is 0 Å². The highest BCUT2D eigenvalue weighted by molar-refractivity contribution is 5.27. The van der Waals surface area contributed by atoms with Crippen LogP contribution < -0.4 is 5.32 Å². The van der Waals surface area contributed by atoms with Gasteiger partial charge in [0.1, 0.15) is 0 Å². The van der Waals surface area contributed by atoms with Gasteiger partial charge in [-0.25, -0.2) is 8.78 Å². The van der Waals surface area contributed by atoms with Gasteiger partial charge in [0.2, 0.25) is 0 Å². The van der Waals surface area contributed by atoms with Gasteiger partial charge in [0.15, 0.2) is 11.6 Å². The molecule has 78 valence electrons. The molecule has 14 heavy (non-hydrogen) atoms. The second kappa shape index (κ2) is 4.51. The average Bonchev–Trinajstić information content (AvgIpc) is 2.15. The van der Waals surface area contributed by atoms with Gasteiger partial charge in [-0.3, -0.25) is 0 Å². The number of benzene rings is 1. The van der Waals surface area contributed by atoms with Crippen LogP contribution in [0.3, 0.4) is 0 Å². The van der Waals surface area contributed by atoms with Gasteiger partial charge < -0.3 is 5.32 Å². The molecule has 1 aromatic rings. The van der Waals surface area contributed by atoms with Crippen molar-refractivity contribution in [3.63, 3.8) is 0 Å². The summed E-state index contributed by atoms with van der Waals surface area (Å²) in [6.07, 6.45) is 0. The van der Waals surface area contributed by atoms with Crippen molar-refractivity contribution in [3.05, 3.63) is 34.9 Å². The molecule has 0 aliphatic carbocycles. The molecule has 1 aromatic carbocycles. The fraction of sp³-hybridized carbons (Fsp3) is 0.455. The smallest absolute Gasteiger partial charge is 0.163 e. The minimum absolute atomic E-state index is 0.157. The molecule has 0 saturated heterocycles. The Bertz CT molecular complexity index is 323. The quantitative estimate of drug-likeness (QED) is 0.789. The van der Waals surface area contributed by atoms with Crippen molar-refractivity contribution in [1.29, 1.82) is 0 Å². The summed E-state index contributed by atoms with van der Waals surface area (Å²) in [5.74, 6) is -1.48. The van der Waals surface area contributed by atoms with Crippen LogP contribution in [0.1, 0.15) is 31.0 Å². The average molecular weight is 199 g/mol. The zero-order valence-electron chi connectivity index (χ0n) is 8.70. The molecule has 1 unspecified atom stereocenters. The molecule has 0 fully saturated rings. The molecule has 0 aliphatic rings. The first-order valence-electron chi connectivity index (χ1n) is 4.75. The highest BCUT2D eigenvalue weighted by Crippen LogP contribution is 2.21. The first kappa shape index (κ1) is 11.1. The molecule has 0 aromatic heterocycles. The Kier molecular flexibility index (Phi) is 3.58. The van der Waals surface area contributed by atoms with Crippen molar-refractivity contribution >= 4 is 0 Å². The third-order valence-corrected chi connectivity index (χ3v) is 2.28. The lowest BCUT2D eigenvalue weighted by atomic mass is 10.1. The van der Waals surface area contributed by atoms with E-state index in [1.54, 1.807) is 19.1 Å². The third-order valence-electron chi connectivity index (χ3n) is 2.28. The van der Waals surface area contributed by atoms with E-state index in [1.807, 2.05) is 13.8 Å². The van der Waals surface area contributed by atoms with E-state index in [4.69, 9.17) is 0 Å². The van der Waals surface area contributed by atoms with Gasteiger partial charge in [-0.2, -0.15) is 0 Å². The van der Waals surface area contributed by atoms with E-state index >= 15 is 0 Å². The number of aryl methyl sites for hydroxylation is 1. The van der Waals surface area contributed by atoms with Crippen LogP contribution >= 0.6 is 0 Å². The van der Waals surface area contributed by atoms with Crippen LogP contribution in [0.25, 0.3) is 0 Å². The molecular weight excluding hydrogens is 184 g/mol. The van der Waals surface area contributed by atoms with E-state index in [0.717, 1.165) is 6.54 Å². The molecule has 0 saturated carbocycles. The van der Waals surface area contributed by atoms with Gasteiger partial charge in [-0.15, -0.1) is 0 Å². The minimum atomic E-state index is -0.743. The van der Waals surface area contributed by atoms with Crippen LogP contribution in [0, 0.1) is 18.6 Å². The van der Waals surface area contributed by atoms with Crippen LogP contribution in [0.15, 0.2) is 12.1 Å². The van der Waals surface area contributed by atoms with Crippen molar-refractivity contribution in [2.75, 3.05) is 6.54 Å². The van der Waals surface area contributed by atoms with Crippen LogP contribution in [0.5, 0.6) is 0 Å². The Labute approximate surface area is 83.1 Å². The standard InChI is InChI=1S/C11H15F2N/c1-4-14-8(3)9-6-5-7(2)10(12)11(9)13/h5-6,8,14H,4H2,1-3H3. The number of nitrogens with one attached hydrogen (secondary N) is 1. The van der Waals surface area contributed by atoms with Gasteiger partial charge in [-0.1, -0.05) is 19.1 Å². The van der Waals surface area contributed by atoms with Crippen LogP contribution in [0.4, 0.5) is 8.78 Å². The normalized spacial score (nSPS) is 12.9. The molecule has 0 amide bonds. The zero-order chi connectivity index (χ0) is 10.7. The molecule has 1 rings (SSSR count). The molecule has 0 heterocycles. The maximum Gasteiger partial charge on any atom is 0.163 e. The summed E-state index contributed by atoms with van der Waals surface area (Å²) in [6.45, 7) is 6.03. The fourth-order valence-electron chi connectivity index (χ4n) is 1.41. The SMILES string of the molecule is CCNC(C)c1ccc(C)c(F)c1F. The van der Waals surface area contributed by atoms with Crippen molar-refractivity contribution in [2.24, 2.45) is 0 Å². The second-order valence-electron chi connectivity index (χ2n) is 3.38. The second-order valence-corrected chi connectivity index (χ2v) is 3.38. The monoisotopic (exact) mass is 199 g/mol. The largest absolute Gasteiger partial charge is 0.310 e. The predicted octanol–water partition coefficient (Wildman–Crippen LogP) is 2.94. The molecular formula is C11H15F2N. The lowest BCUT2D eigenvalue weighted by Gasteiger charge is -2.14. The lowest BCUT2D eigenvalue weighted by molar-refractivity contribution is 0.472. The topological polar surface area (TPSA) is 12.0 Å². The highest BCUT2D eigenvalue weighted by atomic mass is 19.2. The molecule has 0 spiro atoms. The van der Waals surface area contributed by atoms with E-state index in [9.17, 15) is 8.78 Å². The Balaban J connectivity index is 3.04. The maximum atomic E-state index is 13.4. The number of rotatable bonds is 3. The van der Waals surface area contributed by atoms with Crippen molar-refractivity contribution in [1.82, 2.24) is 5.32 Å². The number of hydrogen-bond donors (Lipinski definition) is 1. The van der Waals surface area contributed by atoms with Crippen LogP contribution in [-0.2, 0) is 0 Å². The predicted molar refractivity (Wildman–Crippen MR) is 53.2 cm³/mol. The van der Waals surface area contributed by atoms with E-state index in [2.05, 4.69) is 5.32 Å². The number of halogens is 2. The Hall–Kier alpha value is -0.960. The van der Waals surface area contributed by atoms with E-state index in [0.29, 0.717) is 11.1 Å². The van der Waals surface area contributed by atoms with Crippen molar-refractivity contribution < 1.29 is 8.78 Å². The zero-order valence-corrected chi connectivity index (χ0v) is 8.70. The first-order chi connectivity index (χ1) is 6.57. The van der Waals surface area contributed by atoms with Crippen LogP contribution in [-0.4, -0.2) is 6.54 Å². The Morgan fingerprint density at radius 2 is 1.93 bits per heavy atom. The van der Waals surface area contributed by atoms with E-state index in [-0.39, 0.29) is 6.04 Å². The molecule has 1 nitrogen and oxygen atoms in total. The van der Waals surface area contributed by atoms with Crippen molar-refractivity contribution in [2.45, 2.75) is 26.8 Å². The fourth-order valence-corrected chi connectivity index (χ4v) is 1.41. The summed E-state index contributed by atoms with van der Waals surface area (Å²) in [5.41, 5.74) is 0.727. The van der Waals surface area contributed by atoms with Gasteiger partial charge in [0, 0.05) is 11.6 Å². The summed E-state index contributed by atoms with van der Waals surface area (Å²) in [5, 5.41) is 3.04. The summed E-state index contributed by atoms with van der Waals surface area (Å²) in [6, 6.07) is 3.07. The molecule has 1 N–H and O–H groups in total. The molecule has 0 aliphatic heterocycles. The molecule has 0 bridgehead atoms. The van der Waals surface area contributed by atoms with Gasteiger partial charge in [-0.05, 0) is 26.0 Å². The van der Waals surface area contributed by atoms with Gasteiger partial charge >= 0.3 is 0 Å².